The molecule has 3 fully saturated rings. The molecule has 7 heteroatoms. The summed E-state index contributed by atoms with van der Waals surface area (Å²) in [6.07, 6.45) is 5.27. The van der Waals surface area contributed by atoms with Crippen LogP contribution < -0.4 is 10.1 Å². The summed E-state index contributed by atoms with van der Waals surface area (Å²) >= 11 is 0. The molecule has 168 valence electrons. The number of carbonyl (C=O) groups is 2. The standard InChI is InChI=1S/C24H32N2O5/c1-16-12-24(15-29-14-22(27)25-24)21-13-31-18-8-6-17(7-9-18)19-4-2-3-5-20(19)30-11-10-23(28)26(16)21/h2-5,16-18,21H,6-15H2,1H3,(H,25,27)/t16-,17-,18+,21-,24+/m1/s1. The van der Waals surface area contributed by atoms with Crippen LogP contribution in [0.1, 0.15) is 56.9 Å². The van der Waals surface area contributed by atoms with Gasteiger partial charge in [-0.2, -0.15) is 0 Å². The second kappa shape index (κ2) is 8.43. The molecule has 2 saturated heterocycles. The van der Waals surface area contributed by atoms with Crippen molar-refractivity contribution in [3.63, 3.8) is 0 Å². The number of benzene rings is 1. The number of hydrogen-bond donors (Lipinski definition) is 1. The fourth-order valence-corrected chi connectivity index (χ4v) is 6.05. The lowest BCUT2D eigenvalue weighted by molar-refractivity contribution is -0.144. The maximum absolute atomic E-state index is 13.3. The second-order valence-corrected chi connectivity index (χ2v) is 9.51. The van der Waals surface area contributed by atoms with Gasteiger partial charge < -0.3 is 24.4 Å². The van der Waals surface area contributed by atoms with Crippen molar-refractivity contribution in [1.82, 2.24) is 10.2 Å². The minimum absolute atomic E-state index is 0.000900. The van der Waals surface area contributed by atoms with E-state index in [0.29, 0.717) is 38.6 Å². The van der Waals surface area contributed by atoms with Crippen LogP contribution in [0.4, 0.5) is 0 Å². The van der Waals surface area contributed by atoms with Crippen molar-refractivity contribution in [1.29, 1.82) is 0 Å². The first-order valence-electron chi connectivity index (χ1n) is 11.6. The van der Waals surface area contributed by atoms with Crippen LogP contribution in [-0.2, 0) is 19.1 Å². The second-order valence-electron chi connectivity index (χ2n) is 9.51. The van der Waals surface area contributed by atoms with Crippen molar-refractivity contribution in [2.45, 2.75) is 75.1 Å². The van der Waals surface area contributed by atoms with Crippen LogP contribution in [0, 0.1) is 0 Å². The number of ether oxygens (including phenoxy) is 3. The van der Waals surface area contributed by atoms with Gasteiger partial charge in [-0.3, -0.25) is 9.59 Å². The Labute approximate surface area is 183 Å². The molecule has 6 rings (SSSR count). The maximum atomic E-state index is 13.3. The number of fused-ring (bicyclic) bond motifs is 6. The van der Waals surface area contributed by atoms with Crippen LogP contribution >= 0.6 is 0 Å². The van der Waals surface area contributed by atoms with Crippen molar-refractivity contribution >= 4 is 11.8 Å². The lowest BCUT2D eigenvalue weighted by Crippen LogP contribution is -2.65. The topological polar surface area (TPSA) is 77.1 Å². The molecule has 1 aromatic rings. The SMILES string of the molecule is C[C@@H]1C[C@]2(COCC(=O)N2)[C@H]2CO[C@H]3CC[C@H](CC3)c3ccccc3OCCC(=O)N12. The van der Waals surface area contributed by atoms with Gasteiger partial charge in [-0.1, -0.05) is 18.2 Å². The van der Waals surface area contributed by atoms with Crippen molar-refractivity contribution in [2.75, 3.05) is 26.4 Å². The summed E-state index contributed by atoms with van der Waals surface area (Å²) in [6.45, 7) is 3.31. The Morgan fingerprint density at radius 2 is 1.94 bits per heavy atom. The molecule has 0 aromatic heterocycles. The summed E-state index contributed by atoms with van der Waals surface area (Å²) in [7, 11) is 0. The van der Waals surface area contributed by atoms with Crippen LogP contribution in [0.5, 0.6) is 5.75 Å². The summed E-state index contributed by atoms with van der Waals surface area (Å²) in [5, 5.41) is 3.16. The highest BCUT2D eigenvalue weighted by atomic mass is 16.5. The highest BCUT2D eigenvalue weighted by molar-refractivity contribution is 5.81. The highest BCUT2D eigenvalue weighted by Crippen LogP contribution is 2.40. The minimum atomic E-state index is -0.577. The van der Waals surface area contributed by atoms with Gasteiger partial charge in [0, 0.05) is 6.04 Å². The first-order chi connectivity index (χ1) is 15.1. The van der Waals surface area contributed by atoms with E-state index in [2.05, 4.69) is 17.4 Å². The van der Waals surface area contributed by atoms with Gasteiger partial charge in [0.1, 0.15) is 12.4 Å². The van der Waals surface area contributed by atoms with Gasteiger partial charge in [-0.25, -0.2) is 0 Å². The van der Waals surface area contributed by atoms with Gasteiger partial charge >= 0.3 is 0 Å². The molecule has 0 radical (unpaired) electrons. The first kappa shape index (κ1) is 20.8. The minimum Gasteiger partial charge on any atom is -0.493 e. The Bertz CT molecular complexity index is 837. The van der Waals surface area contributed by atoms with E-state index in [1.54, 1.807) is 0 Å². The molecule has 2 amide bonds. The van der Waals surface area contributed by atoms with Crippen molar-refractivity contribution < 1.29 is 23.8 Å². The third-order valence-corrected chi connectivity index (χ3v) is 7.47. The molecule has 31 heavy (non-hydrogen) atoms. The molecule has 4 aliphatic heterocycles. The molecule has 1 aliphatic carbocycles. The molecular weight excluding hydrogens is 396 g/mol. The zero-order valence-corrected chi connectivity index (χ0v) is 18.2. The van der Waals surface area contributed by atoms with Crippen LogP contribution in [0.3, 0.4) is 0 Å². The lowest BCUT2D eigenvalue weighted by Gasteiger charge is -2.42. The van der Waals surface area contributed by atoms with E-state index in [1.807, 2.05) is 24.0 Å². The zero-order chi connectivity index (χ0) is 21.4. The Kier molecular flexibility index (Phi) is 5.65. The summed E-state index contributed by atoms with van der Waals surface area (Å²) in [5.41, 5.74) is 0.672. The molecular formula is C24H32N2O5. The van der Waals surface area contributed by atoms with Crippen LogP contribution in [0.25, 0.3) is 0 Å². The predicted octanol–water partition coefficient (Wildman–Crippen LogP) is 2.39. The van der Waals surface area contributed by atoms with E-state index in [4.69, 9.17) is 14.2 Å². The average molecular weight is 429 g/mol. The van der Waals surface area contributed by atoms with Crippen LogP contribution in [0.15, 0.2) is 24.3 Å². The van der Waals surface area contributed by atoms with Gasteiger partial charge in [-0.15, -0.1) is 0 Å². The van der Waals surface area contributed by atoms with Crippen LogP contribution in [0.2, 0.25) is 0 Å². The quantitative estimate of drug-likeness (QED) is 0.687. The van der Waals surface area contributed by atoms with Crippen LogP contribution in [-0.4, -0.2) is 66.9 Å². The fraction of sp³-hybridized carbons (Fsp3) is 0.667. The van der Waals surface area contributed by atoms with Gasteiger partial charge in [-0.05, 0) is 56.6 Å². The number of nitrogens with one attached hydrogen (secondary N) is 1. The fourth-order valence-electron chi connectivity index (χ4n) is 6.05. The molecule has 1 spiro atoms. The van der Waals surface area contributed by atoms with Gasteiger partial charge in [0.2, 0.25) is 11.8 Å². The molecule has 1 aromatic carbocycles. The Morgan fingerprint density at radius 3 is 2.74 bits per heavy atom. The molecule has 0 unspecified atom stereocenters. The van der Waals surface area contributed by atoms with E-state index in [9.17, 15) is 9.59 Å². The summed E-state index contributed by atoms with van der Waals surface area (Å²) in [4.78, 5) is 27.4. The third kappa shape index (κ3) is 3.94. The molecule has 1 saturated carbocycles. The number of hydrogen-bond acceptors (Lipinski definition) is 5. The number of rotatable bonds is 0. The number of carbonyl (C=O) groups excluding carboxylic acids is 2. The van der Waals surface area contributed by atoms with Gasteiger partial charge in [0.25, 0.3) is 0 Å². The summed E-state index contributed by atoms with van der Waals surface area (Å²) < 4.78 is 18.2. The van der Waals surface area contributed by atoms with E-state index < -0.39 is 5.54 Å². The molecule has 4 heterocycles. The first-order valence-corrected chi connectivity index (χ1v) is 11.6. The monoisotopic (exact) mass is 428 g/mol. The number of amides is 2. The van der Waals surface area contributed by atoms with Gasteiger partial charge in [0.15, 0.2) is 0 Å². The third-order valence-electron chi connectivity index (χ3n) is 7.47. The summed E-state index contributed by atoms with van der Waals surface area (Å²) in [6, 6.07) is 8.00. The van der Waals surface area contributed by atoms with E-state index in [-0.39, 0.29) is 36.6 Å². The highest BCUT2D eigenvalue weighted by Gasteiger charge is 2.55. The predicted molar refractivity (Wildman–Crippen MR) is 114 cm³/mol. The Balaban J connectivity index is 1.43. The molecule has 3 atom stereocenters. The number of nitrogens with zero attached hydrogens (tertiary/aromatic N) is 1. The average Bonchev–Trinajstić information content (AvgIpc) is 3.02. The van der Waals surface area contributed by atoms with E-state index in [1.165, 1.54) is 5.56 Å². The largest absolute Gasteiger partial charge is 0.493 e. The Morgan fingerprint density at radius 1 is 1.13 bits per heavy atom. The summed E-state index contributed by atoms with van der Waals surface area (Å²) in [5.74, 6) is 1.28. The van der Waals surface area contributed by atoms with E-state index >= 15 is 0 Å². The normalized spacial score (nSPS) is 36.4. The smallest absolute Gasteiger partial charge is 0.246 e. The molecule has 5 aliphatic rings. The maximum Gasteiger partial charge on any atom is 0.246 e. The van der Waals surface area contributed by atoms with Crippen molar-refractivity contribution in [2.24, 2.45) is 0 Å². The van der Waals surface area contributed by atoms with Crippen molar-refractivity contribution in [3.8, 4) is 5.75 Å². The Hall–Kier alpha value is -2.12. The molecule has 2 bridgehead atoms. The number of morpholine rings is 1. The van der Waals surface area contributed by atoms with Crippen molar-refractivity contribution in [3.05, 3.63) is 29.8 Å². The lowest BCUT2D eigenvalue weighted by atomic mass is 9.82. The number of para-hydroxylation sites is 1. The van der Waals surface area contributed by atoms with Gasteiger partial charge in [0.05, 0.1) is 43.9 Å². The zero-order valence-electron chi connectivity index (χ0n) is 18.2. The van der Waals surface area contributed by atoms with E-state index in [0.717, 1.165) is 31.4 Å². The molecule has 1 N–H and O–H groups in total. The molecule has 7 nitrogen and oxygen atoms in total.